The van der Waals surface area contributed by atoms with Gasteiger partial charge in [-0.2, -0.15) is 0 Å². The summed E-state index contributed by atoms with van der Waals surface area (Å²) in [6.45, 7) is 9.00. The Balaban J connectivity index is 1.25. The van der Waals surface area contributed by atoms with Crippen LogP contribution in [0, 0.1) is 13.8 Å². The quantitative estimate of drug-likeness (QED) is 0.147. The number of fused-ring (bicyclic) bond motifs is 2. The van der Waals surface area contributed by atoms with E-state index >= 15 is 0 Å². The van der Waals surface area contributed by atoms with Crippen molar-refractivity contribution in [2.24, 2.45) is 0 Å². The van der Waals surface area contributed by atoms with Crippen molar-refractivity contribution in [3.63, 3.8) is 0 Å². The van der Waals surface area contributed by atoms with Crippen LogP contribution in [-0.2, 0) is 0 Å². The zero-order valence-electron chi connectivity index (χ0n) is 26.5. The molecule has 0 aromatic heterocycles. The molecule has 218 valence electrons. The highest BCUT2D eigenvalue weighted by Gasteiger charge is 2.30. The van der Waals surface area contributed by atoms with E-state index in [1.165, 1.54) is 95.1 Å². The minimum atomic E-state index is 0.563. The number of rotatable bonds is 12. The molecule has 0 heterocycles. The van der Waals surface area contributed by atoms with Gasteiger partial charge >= 0.3 is 0 Å². The van der Waals surface area contributed by atoms with Gasteiger partial charge in [0.15, 0.2) is 0 Å². The molecular weight excluding hydrogens is 533 g/mol. The molecule has 0 N–H and O–H groups in total. The normalized spacial score (nSPS) is 17.0. The predicted molar refractivity (Wildman–Crippen MR) is 189 cm³/mol. The Kier molecular flexibility index (Phi) is 9.29. The summed E-state index contributed by atoms with van der Waals surface area (Å²) < 4.78 is 0. The molecule has 2 radical (unpaired) electrons. The molecule has 43 heavy (non-hydrogen) atoms. The first-order valence-corrected chi connectivity index (χ1v) is 18.0. The Morgan fingerprint density at radius 2 is 0.953 bits per heavy atom. The summed E-state index contributed by atoms with van der Waals surface area (Å²) in [5.41, 5.74) is 17.5. The van der Waals surface area contributed by atoms with Crippen LogP contribution in [0.25, 0.3) is 34.4 Å². The van der Waals surface area contributed by atoms with E-state index in [9.17, 15) is 0 Å². The van der Waals surface area contributed by atoms with Gasteiger partial charge in [-0.15, -0.1) is 0 Å². The third-order valence-corrected chi connectivity index (χ3v) is 11.0. The van der Waals surface area contributed by atoms with E-state index < -0.39 is 0 Å². The van der Waals surface area contributed by atoms with Crippen molar-refractivity contribution in [3.05, 3.63) is 129 Å². The third kappa shape index (κ3) is 6.29. The molecule has 2 unspecified atom stereocenters. The topological polar surface area (TPSA) is 0 Å². The molecular formula is C42H46Si. The van der Waals surface area contributed by atoms with Crippen LogP contribution in [0.3, 0.4) is 0 Å². The molecule has 1 heteroatoms. The second kappa shape index (κ2) is 13.5. The van der Waals surface area contributed by atoms with Crippen LogP contribution < -0.4 is 0 Å². The van der Waals surface area contributed by atoms with E-state index in [0.29, 0.717) is 11.8 Å². The van der Waals surface area contributed by atoms with Gasteiger partial charge in [-0.05, 0) is 84.0 Å². The van der Waals surface area contributed by atoms with Crippen molar-refractivity contribution in [3.8, 4) is 22.3 Å². The van der Waals surface area contributed by atoms with Gasteiger partial charge in [-0.25, -0.2) is 0 Å². The van der Waals surface area contributed by atoms with E-state index in [-0.39, 0.29) is 0 Å². The summed E-state index contributed by atoms with van der Waals surface area (Å²) in [4.78, 5) is 0. The Labute approximate surface area is 262 Å². The summed E-state index contributed by atoms with van der Waals surface area (Å²) in [7, 11) is 0.948. The number of benzene rings is 4. The summed E-state index contributed by atoms with van der Waals surface area (Å²) in [5, 5.41) is 0. The summed E-state index contributed by atoms with van der Waals surface area (Å²) in [5.74, 6) is 1.13. The predicted octanol–water partition coefficient (Wildman–Crippen LogP) is 12.2. The molecule has 2 atom stereocenters. The lowest BCUT2D eigenvalue weighted by molar-refractivity contribution is 0.730. The number of unbranched alkanes of at least 4 members (excludes halogenated alkanes) is 2. The van der Waals surface area contributed by atoms with Crippen molar-refractivity contribution in [1.29, 1.82) is 0 Å². The van der Waals surface area contributed by atoms with E-state index in [2.05, 4.69) is 125 Å². The molecule has 0 bridgehead atoms. The van der Waals surface area contributed by atoms with Crippen LogP contribution in [0.15, 0.2) is 96.1 Å². The molecule has 0 aliphatic heterocycles. The molecule has 0 spiro atoms. The summed E-state index contributed by atoms with van der Waals surface area (Å²) in [6.07, 6.45) is 12.6. The van der Waals surface area contributed by atoms with Gasteiger partial charge in [0.1, 0.15) is 0 Å². The molecule has 0 nitrogen and oxygen atoms in total. The van der Waals surface area contributed by atoms with Crippen molar-refractivity contribution in [1.82, 2.24) is 0 Å². The average molecular weight is 579 g/mol. The summed E-state index contributed by atoms with van der Waals surface area (Å²) >= 11 is 0. The van der Waals surface area contributed by atoms with Crippen molar-refractivity contribution in [2.75, 3.05) is 0 Å². The largest absolute Gasteiger partial charge is 0.0654 e. The lowest BCUT2D eigenvalue weighted by Crippen LogP contribution is -2.08. The lowest BCUT2D eigenvalue weighted by atomic mass is 9.91. The fourth-order valence-electron chi connectivity index (χ4n) is 7.15. The Morgan fingerprint density at radius 1 is 0.535 bits per heavy atom. The fraction of sp³-hybridized carbons (Fsp3) is 0.333. The minimum Gasteiger partial charge on any atom is -0.0654 e. The Hall–Kier alpha value is -3.42. The third-order valence-electron chi connectivity index (χ3n) is 9.65. The molecule has 0 amide bonds. The van der Waals surface area contributed by atoms with E-state index in [1.807, 2.05) is 0 Å². The van der Waals surface area contributed by atoms with Crippen LogP contribution in [0.2, 0.25) is 12.1 Å². The first-order valence-electron chi connectivity index (χ1n) is 16.6. The second-order valence-electron chi connectivity index (χ2n) is 12.8. The van der Waals surface area contributed by atoms with Crippen LogP contribution in [0.4, 0.5) is 0 Å². The monoisotopic (exact) mass is 578 g/mol. The van der Waals surface area contributed by atoms with Crippen LogP contribution in [-0.4, -0.2) is 9.52 Å². The fourth-order valence-corrected chi connectivity index (χ4v) is 8.85. The van der Waals surface area contributed by atoms with Crippen molar-refractivity contribution >= 4 is 21.7 Å². The molecule has 4 aromatic rings. The maximum absolute atomic E-state index is 2.57. The van der Waals surface area contributed by atoms with E-state index in [1.54, 1.807) is 22.3 Å². The second-order valence-corrected chi connectivity index (χ2v) is 14.1. The van der Waals surface area contributed by atoms with Gasteiger partial charge in [-0.1, -0.05) is 158 Å². The molecule has 2 aliphatic rings. The molecule has 2 aliphatic carbocycles. The number of allylic oxidation sites excluding steroid dienone is 2. The zero-order valence-corrected chi connectivity index (χ0v) is 27.5. The van der Waals surface area contributed by atoms with Crippen LogP contribution in [0.1, 0.15) is 97.6 Å². The average Bonchev–Trinajstić information content (AvgIpc) is 3.57. The summed E-state index contributed by atoms with van der Waals surface area (Å²) in [6, 6.07) is 34.8. The first kappa shape index (κ1) is 29.6. The van der Waals surface area contributed by atoms with Gasteiger partial charge < -0.3 is 0 Å². The highest BCUT2D eigenvalue weighted by molar-refractivity contribution is 6.36. The van der Waals surface area contributed by atoms with Gasteiger partial charge in [-0.3, -0.25) is 0 Å². The highest BCUT2D eigenvalue weighted by Crippen LogP contribution is 2.48. The maximum Gasteiger partial charge on any atom is 0.0397 e. The van der Waals surface area contributed by atoms with Gasteiger partial charge in [0.2, 0.25) is 0 Å². The SMILES string of the molecule is CCCCC1=Cc2c(-c3ccc(C)cc3)cccc2C1C[Si]CC1C(CCCC)=Cc2c(-c3ccc(C)cc3)cccc21. The number of aryl methyl sites for hydroxylation is 2. The lowest BCUT2D eigenvalue weighted by Gasteiger charge is -2.21. The molecule has 0 saturated carbocycles. The smallest absolute Gasteiger partial charge is 0.0397 e. The Morgan fingerprint density at radius 3 is 1.35 bits per heavy atom. The van der Waals surface area contributed by atoms with Gasteiger partial charge in [0.05, 0.1) is 0 Å². The standard InChI is InChI=1S/C42H46Si/c1-5-7-11-33-25-39-35(31-21-17-29(3)18-22-31)13-9-15-37(39)41(33)27-43-28-42-34(12-8-6-2)26-40-36(14-10-16-38(40)42)32-23-19-30(4)20-24-32/h9-10,13-26,41-42H,5-8,11-12,27-28H2,1-4H3. The van der Waals surface area contributed by atoms with Crippen molar-refractivity contribution in [2.45, 2.75) is 90.1 Å². The van der Waals surface area contributed by atoms with Crippen molar-refractivity contribution < 1.29 is 0 Å². The first-order chi connectivity index (χ1) is 21.1. The van der Waals surface area contributed by atoms with Crippen LogP contribution in [0.5, 0.6) is 0 Å². The Bertz CT molecular complexity index is 1490. The minimum absolute atomic E-state index is 0.563. The van der Waals surface area contributed by atoms with Gasteiger partial charge in [0.25, 0.3) is 0 Å². The van der Waals surface area contributed by atoms with Crippen LogP contribution >= 0.6 is 0 Å². The van der Waals surface area contributed by atoms with E-state index in [4.69, 9.17) is 0 Å². The number of hydrogen-bond donors (Lipinski definition) is 0. The number of hydrogen-bond acceptors (Lipinski definition) is 0. The van der Waals surface area contributed by atoms with Gasteiger partial charge in [0, 0.05) is 21.4 Å². The molecule has 4 aromatic carbocycles. The molecule has 0 saturated heterocycles. The molecule has 6 rings (SSSR count). The highest BCUT2D eigenvalue weighted by atomic mass is 28.2. The maximum atomic E-state index is 2.57. The molecule has 0 fully saturated rings. The van der Waals surface area contributed by atoms with E-state index in [0.717, 1.165) is 9.52 Å². The zero-order chi connectivity index (χ0) is 29.8.